The predicted molar refractivity (Wildman–Crippen MR) is 397 cm³/mol. The van der Waals surface area contributed by atoms with Crippen molar-refractivity contribution >= 4 is 117 Å². The molecule has 4 aliphatic rings. The Kier molecular flexibility index (Phi) is 22.1. The Balaban J connectivity index is 0.000000203. The highest BCUT2D eigenvalue weighted by Gasteiger charge is 2.47. The summed E-state index contributed by atoms with van der Waals surface area (Å²) < 4.78 is 76.5. The first-order valence-electron chi connectivity index (χ1n) is 34.5. The number of halogens is 3. The van der Waals surface area contributed by atoms with E-state index in [-0.39, 0.29) is 5.97 Å². The summed E-state index contributed by atoms with van der Waals surface area (Å²) in [5.41, 5.74) is 18.3. The fraction of sp³-hybridized carbons (Fsp3) is 0.432. The third kappa shape index (κ3) is 18.4. The van der Waals surface area contributed by atoms with Gasteiger partial charge in [0, 0.05) is 73.4 Å². The summed E-state index contributed by atoms with van der Waals surface area (Å²) in [7, 11) is -3.42. The van der Waals surface area contributed by atoms with Gasteiger partial charge in [-0.1, -0.05) is 50.2 Å². The van der Waals surface area contributed by atoms with Gasteiger partial charge in [-0.2, -0.15) is 33.1 Å². The van der Waals surface area contributed by atoms with Crippen molar-refractivity contribution in [2.75, 3.05) is 91.0 Å². The van der Waals surface area contributed by atoms with Gasteiger partial charge in [0.2, 0.25) is 18.2 Å². The zero-order valence-corrected chi connectivity index (χ0v) is 60.8. The first kappa shape index (κ1) is 72.4. The molecule has 0 atom stereocenters. The molecule has 100 heavy (non-hydrogen) atoms. The summed E-state index contributed by atoms with van der Waals surface area (Å²) in [4.78, 5) is 57.5. The summed E-state index contributed by atoms with van der Waals surface area (Å²) in [6.45, 7) is 24.2. The van der Waals surface area contributed by atoms with Crippen LogP contribution in [0.5, 0.6) is 5.75 Å². The maximum atomic E-state index is 13.2. The number of carbonyl (C=O) groups is 2. The topological polar surface area (TPSA) is 265 Å². The second-order valence-corrected chi connectivity index (χ2v) is 34.8. The van der Waals surface area contributed by atoms with E-state index in [9.17, 15) is 27.1 Å². The number of esters is 1. The number of nitrogens with one attached hydrogen (secondary N) is 5. The SMILES string of the molecule is COc1ccc(Cn2cnc3c(Nc4ccccc4P(C)(C)=O)nc(Nc4ccc(N5CCC6(CC5)CC(CC(=O)OC(C)(C)C)C6)c(C)c4)nc32)cc1.Cc1cc(Nc2nc(Nc3ccccc3P(C)(C)=O)c3[nH]cnc3n2)ccc1N1CCC2(CC1)CC(N)C2.O=CC(F)(F)F.[2H]CC. The van der Waals surface area contributed by atoms with Crippen molar-refractivity contribution in [3.63, 3.8) is 0 Å². The molecule has 4 fully saturated rings. The van der Waals surface area contributed by atoms with E-state index in [4.69, 9.17) is 41.3 Å². The molecule has 6 heterocycles. The van der Waals surface area contributed by atoms with Crippen LogP contribution in [0.2, 0.25) is 0 Å². The smallest absolute Gasteiger partial charge is 0.446 e. The second-order valence-electron chi connectivity index (χ2n) is 28.4. The third-order valence-corrected chi connectivity index (χ3v) is 21.9. The predicted octanol–water partition coefficient (Wildman–Crippen LogP) is 15.5. The summed E-state index contributed by atoms with van der Waals surface area (Å²) in [5.74, 6) is 3.12. The molecule has 532 valence electrons. The number of aromatic amines is 1. The van der Waals surface area contributed by atoms with E-state index in [1.54, 1.807) is 53.3 Å². The van der Waals surface area contributed by atoms with Crippen LogP contribution >= 0.6 is 14.3 Å². The number of benzene rings is 5. The third-order valence-electron chi connectivity index (χ3n) is 18.8. The van der Waals surface area contributed by atoms with Crippen LogP contribution in [0.1, 0.15) is 110 Å². The Labute approximate surface area is 585 Å². The molecule has 2 saturated heterocycles. The number of anilines is 10. The maximum Gasteiger partial charge on any atom is 0.446 e. The highest BCUT2D eigenvalue weighted by Crippen LogP contribution is 2.55. The number of aromatic nitrogens is 8. The number of rotatable bonds is 17. The van der Waals surface area contributed by atoms with Gasteiger partial charge in [-0.25, -0.2) is 9.97 Å². The average Bonchev–Trinajstić information content (AvgIpc) is 1.70. The largest absolute Gasteiger partial charge is 0.497 e. The van der Waals surface area contributed by atoms with E-state index in [1.165, 1.54) is 48.2 Å². The number of aryl methyl sites for hydroxylation is 2. The fourth-order valence-corrected chi connectivity index (χ4v) is 16.4. The van der Waals surface area contributed by atoms with Gasteiger partial charge in [-0.15, -0.1) is 0 Å². The van der Waals surface area contributed by atoms with Crippen molar-refractivity contribution in [3.05, 3.63) is 139 Å². The number of alkyl halides is 3. The monoisotopic (exact) mass is 1410 g/mol. The van der Waals surface area contributed by atoms with Crippen molar-refractivity contribution in [2.45, 2.75) is 131 Å². The number of nitrogens with zero attached hydrogens (tertiary/aromatic N) is 9. The number of H-pyrrole nitrogens is 1. The first-order chi connectivity index (χ1) is 47.8. The number of para-hydroxylation sites is 2. The van der Waals surface area contributed by atoms with Gasteiger partial charge in [0.1, 0.15) is 31.2 Å². The Morgan fingerprint density at radius 1 is 0.710 bits per heavy atom. The van der Waals surface area contributed by atoms with E-state index < -0.39 is 32.3 Å². The number of aldehydes is 1. The zero-order chi connectivity index (χ0) is 72.7. The van der Waals surface area contributed by atoms with Gasteiger partial charge in [0.15, 0.2) is 28.4 Å². The molecule has 26 heteroatoms. The van der Waals surface area contributed by atoms with Gasteiger partial charge < -0.3 is 65.0 Å². The molecule has 0 amide bonds. The van der Waals surface area contributed by atoms with Crippen LogP contribution in [0.4, 0.5) is 70.8 Å². The van der Waals surface area contributed by atoms with Crippen LogP contribution in [0, 0.1) is 30.6 Å². The standard InChI is InChI=1S/C42H52N7O4P.C28H35N8OP.C2HF3O.C2H6/c1-28-22-31(14-17-34(28)48-20-18-42(19-21-48)24-30(25-42)23-36(50)53-41(2,3)4)44-40-46-38(45-33-10-8-9-11-35(33)54(6,7)51)37-39(47-40)49(27-43-37)26-29-12-15-32(52-5)16-13-29;1-18-14-20(8-9-22(18)36-12-10-28(11-13-36)15-19(29)16-28)32-27-34-25-24(30-17-31-25)26(35-27)33-21-6-4-5-7-23(21)38(2,3)37;3-2(4,5)1-6;1-2/h8-17,22,27,30H,18-21,23-26H2,1-7H3,(H2,44,45,46,47);4-9,14,17,19H,10-13,15-16,29H2,1-3H3,(H3,30,31,32,33,34,35);1H;1-2H3/i;;;1D. The van der Waals surface area contributed by atoms with E-state index in [0.717, 1.165) is 96.5 Å². The minimum absolute atomic E-state index is 0.0732. The Morgan fingerprint density at radius 2 is 1.20 bits per heavy atom. The molecule has 0 radical (unpaired) electrons. The van der Waals surface area contributed by atoms with Crippen LogP contribution in [0.25, 0.3) is 22.3 Å². The number of methoxy groups -OCH3 is 1. The summed E-state index contributed by atoms with van der Waals surface area (Å²) in [5, 5.41) is 15.2. The van der Waals surface area contributed by atoms with Crippen molar-refractivity contribution < 1.29 is 42.7 Å². The Morgan fingerprint density at radius 3 is 1.68 bits per heavy atom. The molecule has 2 aliphatic carbocycles. The molecular formula is C74H94F3N15O6P2. The molecule has 0 unspecified atom stereocenters. The summed E-state index contributed by atoms with van der Waals surface area (Å²) in [6, 6.07) is 36.4. The van der Waals surface area contributed by atoms with Gasteiger partial charge in [-0.3, -0.25) is 9.59 Å². The number of ether oxygens (including phenoxy) is 2. The van der Waals surface area contributed by atoms with Gasteiger partial charge >= 0.3 is 12.1 Å². The number of nitrogens with two attached hydrogens (primary N) is 1. The minimum Gasteiger partial charge on any atom is -0.497 e. The zero-order valence-electron chi connectivity index (χ0n) is 60.0. The lowest BCUT2D eigenvalue weighted by Crippen LogP contribution is -2.52. The Bertz CT molecular complexity index is 4470. The Hall–Kier alpha value is -8.85. The number of hydrogen-bond donors (Lipinski definition) is 6. The summed E-state index contributed by atoms with van der Waals surface area (Å²) >= 11 is 0. The highest BCUT2D eigenvalue weighted by molar-refractivity contribution is 7.70. The molecule has 2 aliphatic heterocycles. The van der Waals surface area contributed by atoms with Crippen molar-refractivity contribution in [1.29, 1.82) is 0 Å². The van der Waals surface area contributed by atoms with Crippen LogP contribution in [-0.2, 0) is 30.0 Å². The lowest BCUT2D eigenvalue weighted by Gasteiger charge is -2.52. The van der Waals surface area contributed by atoms with Crippen molar-refractivity contribution in [3.8, 4) is 5.75 Å². The highest BCUT2D eigenvalue weighted by atomic mass is 31.2. The molecule has 5 aromatic carbocycles. The number of carbonyl (C=O) groups excluding carboxylic acids is 2. The van der Waals surface area contributed by atoms with Gasteiger partial charge in [0.25, 0.3) is 0 Å². The van der Waals surface area contributed by atoms with Crippen molar-refractivity contribution in [2.24, 2.45) is 22.5 Å². The molecule has 21 nitrogen and oxygen atoms in total. The quantitative estimate of drug-likeness (QED) is 0.0281. The van der Waals surface area contributed by atoms with Crippen LogP contribution in [-0.4, -0.2) is 129 Å². The molecule has 13 rings (SSSR count). The number of imidazole rings is 2. The van der Waals surface area contributed by atoms with E-state index in [1.807, 2.05) is 98.1 Å². The first-order valence-corrected chi connectivity index (χ1v) is 39.0. The molecular weight excluding hydrogens is 1310 g/mol. The second kappa shape index (κ2) is 30.5. The van der Waals surface area contributed by atoms with Crippen LogP contribution < -0.4 is 52.1 Å². The number of hydrogen-bond acceptors (Lipinski definition) is 19. The molecule has 7 N–H and O–H groups in total. The molecule has 0 bridgehead atoms. The maximum absolute atomic E-state index is 13.2. The van der Waals surface area contributed by atoms with Gasteiger partial charge in [-0.05, 0) is 219 Å². The molecule has 4 aromatic heterocycles. The van der Waals surface area contributed by atoms with E-state index in [0.29, 0.717) is 88.5 Å². The molecule has 9 aromatic rings. The number of piperidine rings is 2. The van der Waals surface area contributed by atoms with Crippen LogP contribution in [0.15, 0.2) is 122 Å². The normalized spacial score (nSPS) is 16.1. The molecule has 2 spiro atoms. The van der Waals surface area contributed by atoms with Crippen molar-refractivity contribution in [1.82, 2.24) is 39.5 Å². The van der Waals surface area contributed by atoms with E-state index >= 15 is 0 Å². The fourth-order valence-electron chi connectivity index (χ4n) is 14.1. The molecule has 2 saturated carbocycles. The number of fused-ring (bicyclic) bond motifs is 2. The van der Waals surface area contributed by atoms with Gasteiger partial charge in [0.05, 0.1) is 37.7 Å². The van der Waals surface area contributed by atoms with E-state index in [2.05, 4.69) is 96.3 Å². The van der Waals surface area contributed by atoms with Crippen LogP contribution in [0.3, 0.4) is 0 Å². The lowest BCUT2D eigenvalue weighted by atomic mass is 9.57. The summed E-state index contributed by atoms with van der Waals surface area (Å²) in [6.07, 6.45) is 7.53. The average molecular weight is 1410 g/mol. The minimum atomic E-state index is -4.64. The lowest BCUT2D eigenvalue weighted by molar-refractivity contribution is -0.158.